The number of piperidine rings is 1. The maximum atomic E-state index is 12.8. The Morgan fingerprint density at radius 2 is 1.72 bits per heavy atom. The predicted octanol–water partition coefficient (Wildman–Crippen LogP) is 2.82. The van der Waals surface area contributed by atoms with Crippen LogP contribution in [0, 0.1) is 6.92 Å². The topological polar surface area (TPSA) is 78.5 Å². The van der Waals surface area contributed by atoms with Gasteiger partial charge in [0, 0.05) is 18.7 Å². The fourth-order valence-corrected chi connectivity index (χ4v) is 4.40. The van der Waals surface area contributed by atoms with E-state index in [0.29, 0.717) is 12.1 Å². The number of nitrogens with zero attached hydrogens (tertiary/aromatic N) is 1. The van der Waals surface area contributed by atoms with E-state index in [4.69, 9.17) is 0 Å². The molecule has 0 spiro atoms. The number of rotatable bonds is 7. The van der Waals surface area contributed by atoms with Gasteiger partial charge in [-0.2, -0.15) is 0 Å². The zero-order valence-corrected chi connectivity index (χ0v) is 17.9. The highest BCUT2D eigenvalue weighted by Gasteiger charge is 2.17. The number of hydrogen-bond donors (Lipinski definition) is 2. The minimum Gasteiger partial charge on any atom is -0.348 e. The van der Waals surface area contributed by atoms with Crippen molar-refractivity contribution in [3.05, 3.63) is 64.7 Å². The summed E-state index contributed by atoms with van der Waals surface area (Å²) in [5, 5.41) is 2.96. The number of nitrogens with one attached hydrogen (secondary N) is 2. The van der Waals surface area contributed by atoms with Gasteiger partial charge >= 0.3 is 0 Å². The molecule has 0 radical (unpaired) electrons. The molecular formula is C22H29N3O3S. The third kappa shape index (κ3) is 5.44. The van der Waals surface area contributed by atoms with E-state index in [-0.39, 0.29) is 10.8 Å². The summed E-state index contributed by atoms with van der Waals surface area (Å²) in [6, 6.07) is 12.7. The summed E-state index contributed by atoms with van der Waals surface area (Å²) in [6.45, 7) is 5.33. The Balaban J connectivity index is 1.72. The number of carbonyl (C=O) groups excluding carboxylic acids is 1. The van der Waals surface area contributed by atoms with Crippen molar-refractivity contribution in [3.8, 4) is 0 Å². The molecule has 1 aliphatic rings. The van der Waals surface area contributed by atoms with E-state index in [1.165, 1.54) is 44.0 Å². The zero-order valence-electron chi connectivity index (χ0n) is 17.1. The van der Waals surface area contributed by atoms with Crippen LogP contribution in [0.15, 0.2) is 47.4 Å². The average molecular weight is 416 g/mol. The van der Waals surface area contributed by atoms with Gasteiger partial charge in [0.1, 0.15) is 0 Å². The van der Waals surface area contributed by atoms with Crippen LogP contribution in [0.5, 0.6) is 0 Å². The molecule has 3 rings (SSSR count). The molecule has 7 heteroatoms. The minimum absolute atomic E-state index is 0.0845. The molecule has 0 saturated carbocycles. The standard InChI is InChI=1S/C22H29N3O3S/c1-17-10-11-20(29(27,28)23-2)14-21(17)22(26)24-15-18-8-4-5-9-19(18)16-25-12-6-3-7-13-25/h4-5,8-11,14,23H,3,6-7,12-13,15-16H2,1-2H3,(H,24,26). The molecule has 0 aromatic heterocycles. The maximum Gasteiger partial charge on any atom is 0.251 e. The molecule has 156 valence electrons. The summed E-state index contributed by atoms with van der Waals surface area (Å²) in [5.74, 6) is -0.275. The van der Waals surface area contributed by atoms with Gasteiger partial charge < -0.3 is 5.32 Å². The molecule has 29 heavy (non-hydrogen) atoms. The monoisotopic (exact) mass is 415 g/mol. The van der Waals surface area contributed by atoms with Crippen LogP contribution in [-0.2, 0) is 23.1 Å². The molecule has 6 nitrogen and oxygen atoms in total. The smallest absolute Gasteiger partial charge is 0.251 e. The molecule has 2 aromatic rings. The van der Waals surface area contributed by atoms with Crippen molar-refractivity contribution in [1.29, 1.82) is 0 Å². The Hall–Kier alpha value is -2.22. The molecule has 1 saturated heterocycles. The van der Waals surface area contributed by atoms with Gasteiger partial charge in [0.05, 0.1) is 4.90 Å². The highest BCUT2D eigenvalue weighted by molar-refractivity contribution is 7.89. The summed E-state index contributed by atoms with van der Waals surface area (Å²) in [6.07, 6.45) is 3.78. The van der Waals surface area contributed by atoms with Gasteiger partial charge in [0.25, 0.3) is 5.91 Å². The van der Waals surface area contributed by atoms with Crippen molar-refractivity contribution in [2.45, 2.75) is 44.2 Å². The first-order valence-electron chi connectivity index (χ1n) is 10.0. The third-order valence-electron chi connectivity index (χ3n) is 5.43. The summed E-state index contributed by atoms with van der Waals surface area (Å²) < 4.78 is 26.4. The maximum absolute atomic E-state index is 12.8. The van der Waals surface area contributed by atoms with Crippen molar-refractivity contribution in [2.24, 2.45) is 0 Å². The van der Waals surface area contributed by atoms with Crippen molar-refractivity contribution in [3.63, 3.8) is 0 Å². The summed E-state index contributed by atoms with van der Waals surface area (Å²) in [4.78, 5) is 15.3. The van der Waals surface area contributed by atoms with Crippen molar-refractivity contribution >= 4 is 15.9 Å². The Labute approximate surface area is 173 Å². The van der Waals surface area contributed by atoms with Gasteiger partial charge in [0.15, 0.2) is 0 Å². The molecule has 1 amide bonds. The molecule has 1 aliphatic heterocycles. The molecule has 1 heterocycles. The third-order valence-corrected chi connectivity index (χ3v) is 6.85. The Morgan fingerprint density at radius 3 is 2.41 bits per heavy atom. The van der Waals surface area contributed by atoms with E-state index in [0.717, 1.165) is 30.8 Å². The van der Waals surface area contributed by atoms with Gasteiger partial charge in [-0.15, -0.1) is 0 Å². The van der Waals surface area contributed by atoms with Gasteiger partial charge in [-0.3, -0.25) is 9.69 Å². The highest BCUT2D eigenvalue weighted by atomic mass is 32.2. The number of amides is 1. The van der Waals surface area contributed by atoms with E-state index in [9.17, 15) is 13.2 Å². The molecule has 2 aromatic carbocycles. The number of sulfonamides is 1. The van der Waals surface area contributed by atoms with E-state index >= 15 is 0 Å². The predicted molar refractivity (Wildman–Crippen MR) is 114 cm³/mol. The molecule has 0 bridgehead atoms. The van der Waals surface area contributed by atoms with E-state index in [2.05, 4.69) is 21.0 Å². The lowest BCUT2D eigenvalue weighted by Crippen LogP contribution is -2.30. The number of hydrogen-bond acceptors (Lipinski definition) is 4. The second-order valence-electron chi connectivity index (χ2n) is 7.47. The van der Waals surface area contributed by atoms with E-state index in [1.807, 2.05) is 18.2 Å². The fraction of sp³-hybridized carbons (Fsp3) is 0.409. The van der Waals surface area contributed by atoms with Gasteiger partial charge in [-0.05, 0) is 68.7 Å². The number of aryl methyl sites for hydroxylation is 1. The summed E-state index contributed by atoms with van der Waals surface area (Å²) in [7, 11) is -2.24. The number of benzene rings is 2. The van der Waals surface area contributed by atoms with Crippen LogP contribution in [0.2, 0.25) is 0 Å². The van der Waals surface area contributed by atoms with Crippen LogP contribution >= 0.6 is 0 Å². The quantitative estimate of drug-likeness (QED) is 0.729. The Kier molecular flexibility index (Phi) is 7.05. The number of likely N-dealkylation sites (tertiary alicyclic amines) is 1. The molecule has 1 fully saturated rings. The Morgan fingerprint density at radius 1 is 1.03 bits per heavy atom. The van der Waals surface area contributed by atoms with Gasteiger partial charge in [-0.1, -0.05) is 36.8 Å². The summed E-state index contributed by atoms with van der Waals surface area (Å²) in [5.41, 5.74) is 3.41. The molecular weight excluding hydrogens is 386 g/mol. The van der Waals surface area contributed by atoms with Gasteiger partial charge in [0.2, 0.25) is 10.0 Å². The molecule has 0 unspecified atom stereocenters. The zero-order chi connectivity index (χ0) is 20.9. The van der Waals surface area contributed by atoms with E-state index in [1.54, 1.807) is 13.0 Å². The van der Waals surface area contributed by atoms with E-state index < -0.39 is 10.0 Å². The second kappa shape index (κ2) is 9.52. The SMILES string of the molecule is CNS(=O)(=O)c1ccc(C)c(C(=O)NCc2ccccc2CN2CCCCC2)c1. The Bertz CT molecular complexity index is 967. The molecule has 2 N–H and O–H groups in total. The first-order valence-corrected chi connectivity index (χ1v) is 11.5. The highest BCUT2D eigenvalue weighted by Crippen LogP contribution is 2.18. The lowest BCUT2D eigenvalue weighted by molar-refractivity contribution is 0.0950. The van der Waals surface area contributed by atoms with Crippen LogP contribution in [0.1, 0.15) is 46.3 Å². The number of carbonyl (C=O) groups is 1. The van der Waals surface area contributed by atoms with Gasteiger partial charge in [-0.25, -0.2) is 13.1 Å². The fourth-order valence-electron chi connectivity index (χ4n) is 3.64. The van der Waals surface area contributed by atoms with Crippen LogP contribution in [0.25, 0.3) is 0 Å². The first kappa shape index (κ1) is 21.5. The lowest BCUT2D eigenvalue weighted by Gasteiger charge is -2.27. The molecule has 0 atom stereocenters. The largest absolute Gasteiger partial charge is 0.348 e. The summed E-state index contributed by atoms with van der Waals surface area (Å²) >= 11 is 0. The minimum atomic E-state index is -3.60. The first-order chi connectivity index (χ1) is 13.9. The normalized spacial score (nSPS) is 15.2. The van der Waals surface area contributed by atoms with Crippen molar-refractivity contribution < 1.29 is 13.2 Å². The lowest BCUT2D eigenvalue weighted by atomic mass is 10.0. The second-order valence-corrected chi connectivity index (χ2v) is 9.36. The molecule has 0 aliphatic carbocycles. The van der Waals surface area contributed by atoms with Crippen LogP contribution < -0.4 is 10.0 Å². The van der Waals surface area contributed by atoms with Crippen LogP contribution in [0.3, 0.4) is 0 Å². The van der Waals surface area contributed by atoms with Crippen LogP contribution in [-0.4, -0.2) is 39.4 Å². The van der Waals surface area contributed by atoms with Crippen LogP contribution in [0.4, 0.5) is 0 Å². The van der Waals surface area contributed by atoms with Crippen molar-refractivity contribution in [2.75, 3.05) is 20.1 Å². The average Bonchev–Trinajstić information content (AvgIpc) is 2.74. The van der Waals surface area contributed by atoms with Crippen molar-refractivity contribution in [1.82, 2.24) is 14.9 Å².